The second-order valence-corrected chi connectivity index (χ2v) is 3.66. The van der Waals surface area contributed by atoms with Gasteiger partial charge in [0.05, 0.1) is 0 Å². The lowest BCUT2D eigenvalue weighted by atomic mass is 9.75. The van der Waals surface area contributed by atoms with Gasteiger partial charge in [-0.2, -0.15) is 0 Å². The summed E-state index contributed by atoms with van der Waals surface area (Å²) in [5, 5.41) is 3.06. The smallest absolute Gasteiger partial charge is 0.256 e. The van der Waals surface area contributed by atoms with Gasteiger partial charge in [-0.1, -0.05) is 6.42 Å². The maximum Gasteiger partial charge on any atom is 0.256 e. The number of hydrogen-bond acceptors (Lipinski definition) is 1. The fourth-order valence-electron chi connectivity index (χ4n) is 2.24. The van der Waals surface area contributed by atoms with Crippen molar-refractivity contribution >= 4 is 0 Å². The molecule has 0 aromatic heterocycles. The molecule has 2 rings (SSSR count). The Morgan fingerprint density at radius 2 is 1.64 bits per heavy atom. The SMILES string of the molecule is FC1(F)[C@H]2CCC[C@H]1CNC2. The van der Waals surface area contributed by atoms with Gasteiger partial charge in [0.25, 0.3) is 5.92 Å². The van der Waals surface area contributed by atoms with Crippen LogP contribution in [0.5, 0.6) is 0 Å². The molecule has 2 bridgehead atoms. The molecule has 1 heterocycles. The van der Waals surface area contributed by atoms with E-state index >= 15 is 0 Å². The summed E-state index contributed by atoms with van der Waals surface area (Å²) in [7, 11) is 0. The summed E-state index contributed by atoms with van der Waals surface area (Å²) in [4.78, 5) is 0. The maximum atomic E-state index is 13.3. The normalized spacial score (nSPS) is 42.0. The number of halogens is 2. The zero-order chi connectivity index (χ0) is 7.90. The number of piperidine rings is 1. The molecule has 0 aromatic rings. The molecule has 3 heteroatoms. The first-order valence-electron chi connectivity index (χ1n) is 4.30. The Morgan fingerprint density at radius 1 is 1.09 bits per heavy atom. The Morgan fingerprint density at radius 3 is 2.09 bits per heavy atom. The highest BCUT2D eigenvalue weighted by atomic mass is 19.3. The highest BCUT2D eigenvalue weighted by molar-refractivity contribution is 4.94. The Bertz CT molecular complexity index is 134. The molecule has 2 fully saturated rings. The van der Waals surface area contributed by atoms with E-state index in [2.05, 4.69) is 5.32 Å². The van der Waals surface area contributed by atoms with Crippen molar-refractivity contribution in [3.8, 4) is 0 Å². The Balaban J connectivity index is 2.17. The molecule has 1 saturated heterocycles. The van der Waals surface area contributed by atoms with Crippen LogP contribution >= 0.6 is 0 Å². The first kappa shape index (κ1) is 7.47. The summed E-state index contributed by atoms with van der Waals surface area (Å²) < 4.78 is 26.5. The minimum Gasteiger partial charge on any atom is -0.316 e. The predicted octanol–water partition coefficient (Wildman–Crippen LogP) is 1.64. The van der Waals surface area contributed by atoms with Gasteiger partial charge >= 0.3 is 0 Å². The maximum absolute atomic E-state index is 13.3. The van der Waals surface area contributed by atoms with Crippen LogP contribution in [0, 0.1) is 11.8 Å². The Labute approximate surface area is 65.2 Å². The van der Waals surface area contributed by atoms with E-state index in [4.69, 9.17) is 0 Å². The quantitative estimate of drug-likeness (QED) is 0.569. The van der Waals surface area contributed by atoms with Gasteiger partial charge in [0.1, 0.15) is 0 Å². The molecule has 1 N–H and O–H groups in total. The van der Waals surface area contributed by atoms with Crippen molar-refractivity contribution in [1.29, 1.82) is 0 Å². The van der Waals surface area contributed by atoms with Gasteiger partial charge in [0.2, 0.25) is 0 Å². The van der Waals surface area contributed by atoms with Crippen LogP contribution in [-0.2, 0) is 0 Å². The number of rotatable bonds is 0. The van der Waals surface area contributed by atoms with E-state index < -0.39 is 5.92 Å². The zero-order valence-corrected chi connectivity index (χ0v) is 6.45. The molecule has 0 radical (unpaired) electrons. The average Bonchev–Trinajstić information content (AvgIpc) is 1.82. The molecular weight excluding hydrogens is 148 g/mol. The molecule has 2 atom stereocenters. The highest BCUT2D eigenvalue weighted by Crippen LogP contribution is 2.44. The van der Waals surface area contributed by atoms with Crippen LogP contribution in [0.25, 0.3) is 0 Å². The topological polar surface area (TPSA) is 12.0 Å². The van der Waals surface area contributed by atoms with Crippen LogP contribution in [0.1, 0.15) is 19.3 Å². The van der Waals surface area contributed by atoms with Crippen LogP contribution in [-0.4, -0.2) is 19.0 Å². The highest BCUT2D eigenvalue weighted by Gasteiger charge is 2.50. The van der Waals surface area contributed by atoms with Crippen molar-refractivity contribution in [3.05, 3.63) is 0 Å². The molecule has 11 heavy (non-hydrogen) atoms. The number of hydrogen-bond donors (Lipinski definition) is 1. The minimum absolute atomic E-state index is 0.380. The van der Waals surface area contributed by atoms with Gasteiger partial charge in [-0.05, 0) is 12.8 Å². The van der Waals surface area contributed by atoms with E-state index in [-0.39, 0.29) is 11.8 Å². The molecule has 1 aliphatic heterocycles. The molecule has 0 amide bonds. The minimum atomic E-state index is -2.37. The van der Waals surface area contributed by atoms with Gasteiger partial charge in [0, 0.05) is 24.9 Å². The standard InChI is InChI=1S/C8H13F2N/c9-8(10)6-2-1-3-7(8)5-11-4-6/h6-7,11H,1-5H2/t6-,7-/m0/s1. The van der Waals surface area contributed by atoms with E-state index in [0.717, 1.165) is 6.42 Å². The monoisotopic (exact) mass is 161 g/mol. The largest absolute Gasteiger partial charge is 0.316 e. The van der Waals surface area contributed by atoms with E-state index in [9.17, 15) is 8.78 Å². The summed E-state index contributed by atoms with van der Waals surface area (Å²) >= 11 is 0. The summed E-state index contributed by atoms with van der Waals surface area (Å²) in [6.07, 6.45) is 2.40. The van der Waals surface area contributed by atoms with Gasteiger partial charge in [-0.25, -0.2) is 8.78 Å². The van der Waals surface area contributed by atoms with E-state index in [0.29, 0.717) is 25.9 Å². The molecule has 1 aliphatic carbocycles. The summed E-state index contributed by atoms with van der Waals surface area (Å²) in [5.41, 5.74) is 0. The van der Waals surface area contributed by atoms with Crippen LogP contribution in [0.15, 0.2) is 0 Å². The number of nitrogens with one attached hydrogen (secondary N) is 1. The van der Waals surface area contributed by atoms with E-state index in [1.165, 1.54) is 0 Å². The third kappa shape index (κ3) is 1.06. The van der Waals surface area contributed by atoms with Crippen molar-refractivity contribution in [2.24, 2.45) is 11.8 Å². The molecule has 2 aliphatic rings. The lowest BCUT2D eigenvalue weighted by Crippen LogP contribution is -2.53. The Hall–Kier alpha value is -0.180. The molecule has 0 aromatic carbocycles. The fourth-order valence-corrected chi connectivity index (χ4v) is 2.24. The van der Waals surface area contributed by atoms with Crippen LogP contribution in [0.2, 0.25) is 0 Å². The van der Waals surface area contributed by atoms with Crippen LogP contribution in [0.3, 0.4) is 0 Å². The third-order valence-electron chi connectivity index (χ3n) is 2.98. The lowest BCUT2D eigenvalue weighted by molar-refractivity contribution is -0.144. The molecule has 0 unspecified atom stereocenters. The van der Waals surface area contributed by atoms with Crippen molar-refractivity contribution in [2.75, 3.05) is 13.1 Å². The van der Waals surface area contributed by atoms with Crippen molar-refractivity contribution < 1.29 is 8.78 Å². The summed E-state index contributed by atoms with van der Waals surface area (Å²) in [5.74, 6) is -3.13. The van der Waals surface area contributed by atoms with Crippen molar-refractivity contribution in [2.45, 2.75) is 25.2 Å². The van der Waals surface area contributed by atoms with Crippen molar-refractivity contribution in [3.63, 3.8) is 0 Å². The van der Waals surface area contributed by atoms with Gasteiger partial charge in [-0.15, -0.1) is 0 Å². The summed E-state index contributed by atoms with van der Waals surface area (Å²) in [6, 6.07) is 0. The third-order valence-corrected chi connectivity index (χ3v) is 2.98. The first-order chi connectivity index (χ1) is 5.21. The van der Waals surface area contributed by atoms with Gasteiger partial charge in [-0.3, -0.25) is 0 Å². The molecule has 0 spiro atoms. The predicted molar refractivity (Wildman–Crippen MR) is 38.6 cm³/mol. The molecule has 1 saturated carbocycles. The van der Waals surface area contributed by atoms with E-state index in [1.807, 2.05) is 0 Å². The van der Waals surface area contributed by atoms with Crippen LogP contribution in [0.4, 0.5) is 8.78 Å². The van der Waals surface area contributed by atoms with E-state index in [1.54, 1.807) is 0 Å². The second-order valence-electron chi connectivity index (χ2n) is 3.66. The van der Waals surface area contributed by atoms with Gasteiger partial charge < -0.3 is 5.32 Å². The lowest BCUT2D eigenvalue weighted by Gasteiger charge is -2.42. The average molecular weight is 161 g/mol. The number of fused-ring (bicyclic) bond motifs is 2. The number of alkyl halides is 2. The van der Waals surface area contributed by atoms with Crippen LogP contribution < -0.4 is 5.32 Å². The molecular formula is C8H13F2N. The fraction of sp³-hybridized carbons (Fsp3) is 1.00. The zero-order valence-electron chi connectivity index (χ0n) is 6.45. The Kier molecular flexibility index (Phi) is 1.63. The van der Waals surface area contributed by atoms with Crippen molar-refractivity contribution in [1.82, 2.24) is 5.32 Å². The second kappa shape index (κ2) is 2.41. The first-order valence-corrected chi connectivity index (χ1v) is 4.30. The summed E-state index contributed by atoms with van der Waals surface area (Å²) in [6.45, 7) is 1.03. The molecule has 1 nitrogen and oxygen atoms in total. The van der Waals surface area contributed by atoms with Gasteiger partial charge in [0.15, 0.2) is 0 Å². The molecule has 64 valence electrons.